The normalized spacial score (nSPS) is 25.6. The fourth-order valence-electron chi connectivity index (χ4n) is 2.34. The molecule has 0 saturated heterocycles. The van der Waals surface area contributed by atoms with Crippen LogP contribution < -0.4 is 15.2 Å². The quantitative estimate of drug-likeness (QED) is 0.761. The van der Waals surface area contributed by atoms with Crippen LogP contribution in [0.25, 0.3) is 0 Å². The zero-order chi connectivity index (χ0) is 10.5. The van der Waals surface area contributed by atoms with E-state index in [1.807, 2.05) is 18.2 Å². The highest BCUT2D eigenvalue weighted by Crippen LogP contribution is 2.58. The Morgan fingerprint density at radius 3 is 2.93 bits per heavy atom. The van der Waals surface area contributed by atoms with E-state index in [4.69, 9.17) is 15.2 Å². The van der Waals surface area contributed by atoms with Crippen molar-refractivity contribution in [1.82, 2.24) is 0 Å². The van der Waals surface area contributed by atoms with Crippen molar-refractivity contribution in [3.63, 3.8) is 0 Å². The summed E-state index contributed by atoms with van der Waals surface area (Å²) in [5.41, 5.74) is 7.59. The molecule has 1 saturated carbocycles. The maximum absolute atomic E-state index is 6.27. The number of ether oxygens (including phenoxy) is 2. The van der Waals surface area contributed by atoms with Crippen molar-refractivity contribution in [2.75, 3.05) is 13.7 Å². The van der Waals surface area contributed by atoms with Crippen molar-refractivity contribution in [1.29, 1.82) is 0 Å². The summed E-state index contributed by atoms with van der Waals surface area (Å²) in [4.78, 5) is 0. The first-order valence-corrected chi connectivity index (χ1v) is 5.32. The molecule has 1 spiro atoms. The van der Waals surface area contributed by atoms with Gasteiger partial charge in [-0.05, 0) is 18.9 Å². The molecule has 1 aromatic carbocycles. The fraction of sp³-hybridized carbons (Fsp3) is 0.500. The number of methoxy groups -OCH3 is 1. The lowest BCUT2D eigenvalue weighted by atomic mass is 9.88. The van der Waals surface area contributed by atoms with E-state index in [0.29, 0.717) is 0 Å². The number of benzene rings is 1. The van der Waals surface area contributed by atoms with Crippen molar-refractivity contribution >= 4 is 0 Å². The second kappa shape index (κ2) is 2.89. The first kappa shape index (κ1) is 9.04. The predicted molar refractivity (Wildman–Crippen MR) is 57.1 cm³/mol. The van der Waals surface area contributed by atoms with Crippen LogP contribution in [0.4, 0.5) is 0 Å². The number of nitrogens with two attached hydrogens (primary N) is 1. The Balaban J connectivity index is 2.08. The summed E-state index contributed by atoms with van der Waals surface area (Å²) >= 11 is 0. The molecule has 0 bridgehead atoms. The molecule has 1 aliphatic heterocycles. The van der Waals surface area contributed by atoms with Crippen LogP contribution >= 0.6 is 0 Å². The Labute approximate surface area is 89.2 Å². The molecule has 1 heterocycles. The largest absolute Gasteiger partial charge is 0.493 e. The zero-order valence-corrected chi connectivity index (χ0v) is 8.82. The monoisotopic (exact) mass is 205 g/mol. The molecule has 1 atom stereocenters. The molecule has 0 amide bonds. The lowest BCUT2D eigenvalue weighted by molar-refractivity contribution is 0.170. The Hall–Kier alpha value is -1.22. The van der Waals surface area contributed by atoms with E-state index >= 15 is 0 Å². The highest BCUT2D eigenvalue weighted by atomic mass is 16.5. The van der Waals surface area contributed by atoms with Crippen molar-refractivity contribution in [2.24, 2.45) is 11.1 Å². The zero-order valence-electron chi connectivity index (χ0n) is 8.82. The van der Waals surface area contributed by atoms with Gasteiger partial charge in [0.1, 0.15) is 0 Å². The highest BCUT2D eigenvalue weighted by Gasteiger charge is 2.52. The van der Waals surface area contributed by atoms with E-state index in [9.17, 15) is 0 Å². The van der Waals surface area contributed by atoms with Crippen molar-refractivity contribution < 1.29 is 9.47 Å². The standard InChI is InChI=1S/C12H15NO2/c1-14-9-4-2-3-8-10(9)15-7-12(5-6-12)11(8)13/h2-4,11H,5-7,13H2,1H3. The summed E-state index contributed by atoms with van der Waals surface area (Å²) in [6.07, 6.45) is 2.37. The molecule has 80 valence electrons. The molecule has 0 radical (unpaired) electrons. The minimum Gasteiger partial charge on any atom is -0.493 e. The van der Waals surface area contributed by atoms with E-state index in [1.54, 1.807) is 7.11 Å². The van der Waals surface area contributed by atoms with E-state index in [-0.39, 0.29) is 11.5 Å². The maximum atomic E-state index is 6.27. The number of hydrogen-bond acceptors (Lipinski definition) is 3. The average Bonchev–Trinajstić information content (AvgIpc) is 3.04. The van der Waals surface area contributed by atoms with Gasteiger partial charge in [0.15, 0.2) is 11.5 Å². The summed E-state index contributed by atoms with van der Waals surface area (Å²) in [5, 5.41) is 0. The van der Waals surface area contributed by atoms with E-state index < -0.39 is 0 Å². The highest BCUT2D eigenvalue weighted by molar-refractivity contribution is 5.50. The van der Waals surface area contributed by atoms with Crippen molar-refractivity contribution in [2.45, 2.75) is 18.9 Å². The van der Waals surface area contributed by atoms with Gasteiger partial charge in [-0.1, -0.05) is 12.1 Å². The van der Waals surface area contributed by atoms with Gasteiger partial charge in [-0.25, -0.2) is 0 Å². The second-order valence-corrected chi connectivity index (χ2v) is 4.51. The smallest absolute Gasteiger partial charge is 0.165 e. The summed E-state index contributed by atoms with van der Waals surface area (Å²) in [5.74, 6) is 1.63. The van der Waals surface area contributed by atoms with Gasteiger partial charge >= 0.3 is 0 Å². The van der Waals surface area contributed by atoms with Crippen LogP contribution in [0, 0.1) is 5.41 Å². The van der Waals surface area contributed by atoms with Gasteiger partial charge in [-0.3, -0.25) is 0 Å². The first-order chi connectivity index (χ1) is 7.27. The first-order valence-electron chi connectivity index (χ1n) is 5.32. The summed E-state index contributed by atoms with van der Waals surface area (Å²) < 4.78 is 11.1. The second-order valence-electron chi connectivity index (χ2n) is 4.51. The Kier molecular flexibility index (Phi) is 1.74. The molecular formula is C12H15NO2. The summed E-state index contributed by atoms with van der Waals surface area (Å²) in [7, 11) is 1.66. The molecule has 1 fully saturated rings. The molecule has 3 rings (SSSR count). The van der Waals surface area contributed by atoms with Gasteiger partial charge in [0.05, 0.1) is 13.7 Å². The van der Waals surface area contributed by atoms with Crippen LogP contribution in [-0.4, -0.2) is 13.7 Å². The third kappa shape index (κ3) is 1.16. The Bertz CT molecular complexity index is 399. The molecular weight excluding hydrogens is 190 g/mol. The Morgan fingerprint density at radius 1 is 1.47 bits per heavy atom. The van der Waals surface area contributed by atoms with Crippen LogP contribution in [0.15, 0.2) is 18.2 Å². The molecule has 2 N–H and O–H groups in total. The van der Waals surface area contributed by atoms with Gasteiger partial charge < -0.3 is 15.2 Å². The minimum atomic E-state index is 0.108. The van der Waals surface area contributed by atoms with Gasteiger partial charge in [0, 0.05) is 17.0 Å². The molecule has 1 unspecified atom stereocenters. The SMILES string of the molecule is COc1cccc2c1OCC1(CC1)C2N. The Morgan fingerprint density at radius 2 is 2.27 bits per heavy atom. The average molecular weight is 205 g/mol. The lowest BCUT2D eigenvalue weighted by Crippen LogP contribution is -2.33. The van der Waals surface area contributed by atoms with Crippen LogP contribution in [0.1, 0.15) is 24.4 Å². The van der Waals surface area contributed by atoms with E-state index in [2.05, 4.69) is 0 Å². The molecule has 3 heteroatoms. The minimum absolute atomic E-state index is 0.108. The van der Waals surface area contributed by atoms with Crippen molar-refractivity contribution in [3.05, 3.63) is 23.8 Å². The molecule has 3 nitrogen and oxygen atoms in total. The molecule has 1 aliphatic carbocycles. The maximum Gasteiger partial charge on any atom is 0.165 e. The number of fused-ring (bicyclic) bond motifs is 1. The van der Waals surface area contributed by atoms with Crippen LogP contribution in [0.5, 0.6) is 11.5 Å². The van der Waals surface area contributed by atoms with Crippen LogP contribution in [0.3, 0.4) is 0 Å². The van der Waals surface area contributed by atoms with Crippen LogP contribution in [0.2, 0.25) is 0 Å². The van der Waals surface area contributed by atoms with Gasteiger partial charge in [0.2, 0.25) is 0 Å². The number of para-hydroxylation sites is 1. The van der Waals surface area contributed by atoms with Gasteiger partial charge in [-0.2, -0.15) is 0 Å². The fourth-order valence-corrected chi connectivity index (χ4v) is 2.34. The molecule has 0 aromatic heterocycles. The topological polar surface area (TPSA) is 44.5 Å². The molecule has 2 aliphatic rings. The van der Waals surface area contributed by atoms with Crippen molar-refractivity contribution in [3.8, 4) is 11.5 Å². The third-order valence-corrected chi connectivity index (χ3v) is 3.62. The van der Waals surface area contributed by atoms with E-state index in [1.165, 1.54) is 12.8 Å². The lowest BCUT2D eigenvalue weighted by Gasteiger charge is -2.32. The number of rotatable bonds is 1. The molecule has 1 aromatic rings. The van der Waals surface area contributed by atoms with Crippen LogP contribution in [-0.2, 0) is 0 Å². The van der Waals surface area contributed by atoms with E-state index in [0.717, 1.165) is 23.7 Å². The predicted octanol–water partition coefficient (Wildman–Crippen LogP) is 1.87. The summed E-state index contributed by atoms with van der Waals surface area (Å²) in [6.45, 7) is 0.738. The third-order valence-electron chi connectivity index (χ3n) is 3.62. The van der Waals surface area contributed by atoms with Gasteiger partial charge in [-0.15, -0.1) is 0 Å². The molecule has 15 heavy (non-hydrogen) atoms. The van der Waals surface area contributed by atoms with Gasteiger partial charge in [0.25, 0.3) is 0 Å². The summed E-state index contributed by atoms with van der Waals surface area (Å²) in [6, 6.07) is 6.04. The number of hydrogen-bond donors (Lipinski definition) is 1.